The first-order valence-corrected chi connectivity index (χ1v) is 6.55. The van der Waals surface area contributed by atoms with Crippen molar-refractivity contribution in [1.29, 1.82) is 0 Å². The van der Waals surface area contributed by atoms with Gasteiger partial charge in [0.2, 0.25) is 5.91 Å². The average Bonchev–Trinajstić information content (AvgIpc) is 2.25. The fraction of sp³-hybridized carbons (Fsp3) is 0.909. The van der Waals surface area contributed by atoms with Gasteiger partial charge in [0.15, 0.2) is 0 Å². The summed E-state index contributed by atoms with van der Waals surface area (Å²) >= 11 is 1.65. The zero-order valence-electron chi connectivity index (χ0n) is 10.2. The molecule has 1 N–H and O–H groups in total. The molecule has 1 heterocycles. The lowest BCUT2D eigenvalue weighted by atomic mass is 10.3. The Morgan fingerprint density at radius 3 is 2.81 bits per heavy atom. The van der Waals surface area contributed by atoms with E-state index in [1.807, 2.05) is 0 Å². The van der Waals surface area contributed by atoms with Crippen LogP contribution in [-0.4, -0.2) is 58.8 Å². The molecule has 0 aliphatic carbocycles. The van der Waals surface area contributed by atoms with Crippen LogP contribution in [0.5, 0.6) is 0 Å². The summed E-state index contributed by atoms with van der Waals surface area (Å²) in [5.74, 6) is 0.642. The van der Waals surface area contributed by atoms with Gasteiger partial charge in [0.05, 0.1) is 25.1 Å². The van der Waals surface area contributed by atoms with E-state index in [2.05, 4.69) is 20.8 Å². The van der Waals surface area contributed by atoms with Gasteiger partial charge in [0, 0.05) is 17.8 Å². The molecule has 1 fully saturated rings. The predicted molar refractivity (Wildman–Crippen MR) is 65.6 cm³/mol. The molecule has 0 aromatic rings. The van der Waals surface area contributed by atoms with Crippen molar-refractivity contribution in [3.63, 3.8) is 0 Å². The molecule has 1 atom stereocenters. The highest BCUT2D eigenvalue weighted by Crippen LogP contribution is 2.23. The third kappa shape index (κ3) is 4.72. The minimum atomic E-state index is -0.211. The van der Waals surface area contributed by atoms with Crippen LogP contribution < -0.4 is 0 Å². The molecule has 1 aliphatic rings. The van der Waals surface area contributed by atoms with Gasteiger partial charge in [0.25, 0.3) is 0 Å². The third-order valence-electron chi connectivity index (χ3n) is 2.32. The van der Waals surface area contributed by atoms with E-state index in [0.29, 0.717) is 25.4 Å². The summed E-state index contributed by atoms with van der Waals surface area (Å²) in [6, 6.07) is 0. The lowest BCUT2D eigenvalue weighted by Crippen LogP contribution is -2.47. The van der Waals surface area contributed by atoms with Crippen LogP contribution in [0.2, 0.25) is 0 Å². The minimum absolute atomic E-state index is 0.0177. The second-order valence-electron chi connectivity index (χ2n) is 4.92. The molecule has 4 nitrogen and oxygen atoms in total. The van der Waals surface area contributed by atoms with E-state index in [-0.39, 0.29) is 23.4 Å². The van der Waals surface area contributed by atoms with Crippen LogP contribution in [0.3, 0.4) is 0 Å². The molecule has 1 saturated heterocycles. The maximum absolute atomic E-state index is 11.9. The van der Waals surface area contributed by atoms with E-state index in [1.54, 1.807) is 16.7 Å². The first-order valence-electron chi connectivity index (χ1n) is 5.56. The second-order valence-corrected chi connectivity index (χ2v) is 6.72. The van der Waals surface area contributed by atoms with Crippen LogP contribution in [-0.2, 0) is 9.53 Å². The van der Waals surface area contributed by atoms with Crippen molar-refractivity contribution in [2.24, 2.45) is 0 Å². The van der Waals surface area contributed by atoms with Gasteiger partial charge in [0.1, 0.15) is 0 Å². The standard InChI is InChI=1S/C11H21NO3S/c1-11(2,3)16-8-10(14)12-4-5-15-9(6-12)7-13/h9,13H,4-8H2,1-3H3. The SMILES string of the molecule is CC(C)(C)SCC(=O)N1CCOC(CO)C1. The molecule has 1 aliphatic heterocycles. The van der Waals surface area contributed by atoms with Crippen molar-refractivity contribution in [3.8, 4) is 0 Å². The number of hydrogen-bond donors (Lipinski definition) is 1. The Bertz CT molecular complexity index is 240. The molecule has 1 amide bonds. The molecule has 0 bridgehead atoms. The number of aliphatic hydroxyl groups excluding tert-OH is 1. The minimum Gasteiger partial charge on any atom is -0.394 e. The molecule has 94 valence electrons. The van der Waals surface area contributed by atoms with Crippen LogP contribution in [0.4, 0.5) is 0 Å². The summed E-state index contributed by atoms with van der Waals surface area (Å²) in [5, 5.41) is 8.98. The van der Waals surface area contributed by atoms with Gasteiger partial charge < -0.3 is 14.7 Å². The lowest BCUT2D eigenvalue weighted by Gasteiger charge is -2.32. The Morgan fingerprint density at radius 1 is 1.56 bits per heavy atom. The van der Waals surface area contributed by atoms with Crippen molar-refractivity contribution in [1.82, 2.24) is 4.90 Å². The third-order valence-corrected chi connectivity index (χ3v) is 3.58. The van der Waals surface area contributed by atoms with Gasteiger partial charge in [-0.05, 0) is 0 Å². The molecule has 1 unspecified atom stereocenters. The molecule has 0 saturated carbocycles. The van der Waals surface area contributed by atoms with Gasteiger partial charge in [-0.25, -0.2) is 0 Å². The maximum Gasteiger partial charge on any atom is 0.232 e. The maximum atomic E-state index is 11.9. The topological polar surface area (TPSA) is 49.8 Å². The van der Waals surface area contributed by atoms with Crippen LogP contribution in [0, 0.1) is 0 Å². The number of hydrogen-bond acceptors (Lipinski definition) is 4. The van der Waals surface area contributed by atoms with E-state index in [4.69, 9.17) is 9.84 Å². The van der Waals surface area contributed by atoms with Gasteiger partial charge in [-0.3, -0.25) is 4.79 Å². The quantitative estimate of drug-likeness (QED) is 0.799. The molecule has 5 heteroatoms. The van der Waals surface area contributed by atoms with Crippen LogP contribution in [0.25, 0.3) is 0 Å². The number of rotatable bonds is 3. The first kappa shape index (κ1) is 13.8. The zero-order chi connectivity index (χ0) is 12.2. The van der Waals surface area contributed by atoms with Gasteiger partial charge >= 0.3 is 0 Å². The van der Waals surface area contributed by atoms with E-state index in [0.717, 1.165) is 0 Å². The van der Waals surface area contributed by atoms with Gasteiger partial charge in [-0.15, -0.1) is 11.8 Å². The highest BCUT2D eigenvalue weighted by Gasteiger charge is 2.24. The van der Waals surface area contributed by atoms with Crippen LogP contribution >= 0.6 is 11.8 Å². The van der Waals surface area contributed by atoms with E-state index >= 15 is 0 Å². The highest BCUT2D eigenvalue weighted by atomic mass is 32.2. The van der Waals surface area contributed by atoms with Gasteiger partial charge in [-0.2, -0.15) is 0 Å². The monoisotopic (exact) mass is 247 g/mol. The fourth-order valence-electron chi connectivity index (χ4n) is 1.43. The van der Waals surface area contributed by atoms with Crippen LogP contribution in [0.1, 0.15) is 20.8 Å². The Balaban J connectivity index is 2.36. The van der Waals surface area contributed by atoms with Crippen molar-refractivity contribution in [2.75, 3.05) is 32.1 Å². The smallest absolute Gasteiger partial charge is 0.232 e. The molecular weight excluding hydrogens is 226 g/mol. The van der Waals surface area contributed by atoms with Crippen molar-refractivity contribution in [3.05, 3.63) is 0 Å². The number of carbonyl (C=O) groups excluding carboxylic acids is 1. The van der Waals surface area contributed by atoms with Crippen molar-refractivity contribution in [2.45, 2.75) is 31.6 Å². The summed E-state index contributed by atoms with van der Waals surface area (Å²) in [4.78, 5) is 13.7. The van der Waals surface area contributed by atoms with E-state index < -0.39 is 0 Å². The molecule has 1 rings (SSSR count). The zero-order valence-corrected chi connectivity index (χ0v) is 11.0. The molecule has 0 radical (unpaired) electrons. The predicted octanol–water partition coefficient (Wildman–Crippen LogP) is 0.738. The first-order chi connectivity index (χ1) is 7.42. The van der Waals surface area contributed by atoms with Crippen molar-refractivity contribution >= 4 is 17.7 Å². The van der Waals surface area contributed by atoms with E-state index in [9.17, 15) is 4.79 Å². The number of carbonyl (C=O) groups is 1. The summed E-state index contributed by atoms with van der Waals surface area (Å²) in [7, 11) is 0. The fourth-order valence-corrected chi connectivity index (χ4v) is 2.16. The average molecular weight is 247 g/mol. The summed E-state index contributed by atoms with van der Waals surface area (Å²) < 4.78 is 5.41. The number of morpholine rings is 1. The second kappa shape index (κ2) is 5.89. The van der Waals surface area contributed by atoms with E-state index in [1.165, 1.54) is 0 Å². The summed E-state index contributed by atoms with van der Waals surface area (Å²) in [6.07, 6.45) is -0.211. The Labute approximate surface area is 101 Å². The molecule has 0 aromatic heterocycles. The Kier molecular flexibility index (Phi) is 5.08. The highest BCUT2D eigenvalue weighted by molar-refractivity contribution is 8.01. The van der Waals surface area contributed by atoms with Crippen molar-refractivity contribution < 1.29 is 14.6 Å². The van der Waals surface area contributed by atoms with Gasteiger partial charge in [-0.1, -0.05) is 20.8 Å². The summed E-state index contributed by atoms with van der Waals surface area (Å²) in [5.41, 5.74) is 0. The molecule has 0 aromatic carbocycles. The number of aliphatic hydroxyl groups is 1. The number of ether oxygens (including phenoxy) is 1. The largest absolute Gasteiger partial charge is 0.394 e. The normalized spacial score (nSPS) is 22.2. The number of amides is 1. The molecular formula is C11H21NO3S. The number of nitrogens with zero attached hydrogens (tertiary/aromatic N) is 1. The Hall–Kier alpha value is -0.260. The molecule has 0 spiro atoms. The Morgan fingerprint density at radius 2 is 2.25 bits per heavy atom. The summed E-state index contributed by atoms with van der Waals surface area (Å²) in [6.45, 7) is 7.95. The lowest BCUT2D eigenvalue weighted by molar-refractivity contribution is -0.137. The van der Waals surface area contributed by atoms with Crippen LogP contribution in [0.15, 0.2) is 0 Å². The number of thioether (sulfide) groups is 1. The molecule has 16 heavy (non-hydrogen) atoms.